The van der Waals surface area contributed by atoms with Crippen molar-refractivity contribution in [2.45, 2.75) is 19.8 Å². The van der Waals surface area contributed by atoms with E-state index in [1.807, 2.05) is 31.2 Å². The first-order valence-corrected chi connectivity index (χ1v) is 8.30. The van der Waals surface area contributed by atoms with Crippen LogP contribution in [0.1, 0.15) is 18.9 Å². The van der Waals surface area contributed by atoms with Crippen LogP contribution in [0.3, 0.4) is 0 Å². The number of carboxylic acid groups (broad SMARTS) is 1. The minimum atomic E-state index is -1.26. The van der Waals surface area contributed by atoms with Crippen LogP contribution in [-0.4, -0.2) is 11.3 Å². The van der Waals surface area contributed by atoms with Crippen molar-refractivity contribution >= 4 is 6.16 Å². The highest BCUT2D eigenvalue weighted by Crippen LogP contribution is 2.19. The molecule has 0 heterocycles. The average Bonchev–Trinajstić information content (AvgIpc) is 2.65. The van der Waals surface area contributed by atoms with Crippen molar-refractivity contribution in [1.29, 1.82) is 0 Å². The van der Waals surface area contributed by atoms with Crippen LogP contribution in [0.2, 0.25) is 0 Å². The average molecular weight is 334 g/mol. The minimum Gasteiger partial charge on any atom is -0.449 e. The van der Waals surface area contributed by atoms with Crippen molar-refractivity contribution in [3.63, 3.8) is 0 Å². The van der Waals surface area contributed by atoms with Gasteiger partial charge >= 0.3 is 6.16 Å². The maximum Gasteiger partial charge on any atom is 0.511 e. The summed E-state index contributed by atoms with van der Waals surface area (Å²) in [5, 5.41) is 8.44. The number of hydrogen-bond donors (Lipinski definition) is 1. The van der Waals surface area contributed by atoms with Crippen LogP contribution in [0, 0.1) is 0 Å². The molecule has 128 valence electrons. The third-order valence-electron chi connectivity index (χ3n) is 3.57. The van der Waals surface area contributed by atoms with Crippen molar-refractivity contribution in [2.75, 3.05) is 0 Å². The maximum absolute atomic E-state index is 10.3. The van der Waals surface area contributed by atoms with Crippen molar-refractivity contribution in [3.8, 4) is 16.9 Å². The number of rotatable bonds is 4. The Bertz CT molecular complexity index is 730. The highest BCUT2D eigenvalue weighted by Gasteiger charge is 2.05. The SMILES string of the molecule is CCCc1ccccc1OC(=O)O.c1ccc(-c2ccccc2)cc1. The van der Waals surface area contributed by atoms with Crippen LogP contribution in [0.15, 0.2) is 84.9 Å². The molecule has 3 heteroatoms. The molecule has 0 fully saturated rings. The number of ether oxygens (including phenoxy) is 1. The van der Waals surface area contributed by atoms with E-state index in [1.54, 1.807) is 12.1 Å². The molecule has 0 amide bonds. The van der Waals surface area contributed by atoms with Gasteiger partial charge < -0.3 is 9.84 Å². The summed E-state index contributed by atoms with van der Waals surface area (Å²) in [4.78, 5) is 10.3. The first-order valence-electron chi connectivity index (χ1n) is 8.30. The number of hydrogen-bond acceptors (Lipinski definition) is 2. The van der Waals surface area contributed by atoms with Crippen molar-refractivity contribution in [1.82, 2.24) is 0 Å². The topological polar surface area (TPSA) is 46.5 Å². The van der Waals surface area contributed by atoms with Crippen LogP contribution < -0.4 is 4.74 Å². The first kappa shape index (κ1) is 18.3. The van der Waals surface area contributed by atoms with Gasteiger partial charge in [0.1, 0.15) is 5.75 Å². The van der Waals surface area contributed by atoms with Crippen molar-refractivity contribution in [2.24, 2.45) is 0 Å². The lowest BCUT2D eigenvalue weighted by atomic mass is 10.1. The van der Waals surface area contributed by atoms with Gasteiger partial charge in [0, 0.05) is 0 Å². The normalized spacial score (nSPS) is 9.64. The number of carbonyl (C=O) groups is 1. The van der Waals surface area contributed by atoms with Gasteiger partial charge in [-0.3, -0.25) is 0 Å². The summed E-state index contributed by atoms with van der Waals surface area (Å²) in [7, 11) is 0. The summed E-state index contributed by atoms with van der Waals surface area (Å²) in [5.74, 6) is 0.442. The molecule has 0 saturated carbocycles. The highest BCUT2D eigenvalue weighted by molar-refractivity contribution is 5.63. The van der Waals surface area contributed by atoms with Gasteiger partial charge in [0.05, 0.1) is 0 Å². The quantitative estimate of drug-likeness (QED) is 0.466. The van der Waals surface area contributed by atoms with Gasteiger partial charge in [-0.15, -0.1) is 0 Å². The van der Waals surface area contributed by atoms with Crippen LogP contribution in [0.25, 0.3) is 11.1 Å². The summed E-state index contributed by atoms with van der Waals surface area (Å²) in [6.07, 6.45) is 0.548. The van der Waals surface area contributed by atoms with E-state index in [0.717, 1.165) is 18.4 Å². The second-order valence-corrected chi connectivity index (χ2v) is 5.46. The zero-order valence-corrected chi connectivity index (χ0v) is 14.3. The molecule has 3 rings (SSSR count). The number of benzene rings is 3. The molecule has 25 heavy (non-hydrogen) atoms. The lowest BCUT2D eigenvalue weighted by molar-refractivity contribution is 0.144. The number of para-hydroxylation sites is 1. The molecular formula is C22H22O3. The lowest BCUT2D eigenvalue weighted by Crippen LogP contribution is -2.05. The smallest absolute Gasteiger partial charge is 0.449 e. The molecule has 0 aliphatic carbocycles. The van der Waals surface area contributed by atoms with Gasteiger partial charge in [0.2, 0.25) is 0 Å². The summed E-state index contributed by atoms with van der Waals surface area (Å²) in [6.45, 7) is 2.04. The molecule has 0 aliphatic rings. The van der Waals surface area contributed by atoms with E-state index in [4.69, 9.17) is 5.11 Å². The molecular weight excluding hydrogens is 312 g/mol. The fourth-order valence-corrected chi connectivity index (χ4v) is 2.43. The predicted molar refractivity (Wildman–Crippen MR) is 101 cm³/mol. The van der Waals surface area contributed by atoms with Gasteiger partial charge in [0.15, 0.2) is 0 Å². The maximum atomic E-state index is 10.3. The Morgan fingerprint density at radius 3 is 1.76 bits per heavy atom. The molecule has 3 nitrogen and oxygen atoms in total. The Kier molecular flexibility index (Phi) is 7.26. The molecule has 0 saturated heterocycles. The minimum absolute atomic E-state index is 0.442. The molecule has 3 aromatic rings. The van der Waals surface area contributed by atoms with Gasteiger partial charge in [-0.2, -0.15) is 0 Å². The van der Waals surface area contributed by atoms with Crippen LogP contribution in [0.5, 0.6) is 5.75 Å². The highest BCUT2D eigenvalue weighted by atomic mass is 16.7. The molecule has 0 bridgehead atoms. The second kappa shape index (κ2) is 9.93. The van der Waals surface area contributed by atoms with E-state index in [0.29, 0.717) is 5.75 Å². The molecule has 0 radical (unpaired) electrons. The van der Waals surface area contributed by atoms with Crippen LogP contribution in [-0.2, 0) is 6.42 Å². The Labute approximate surface area is 148 Å². The molecule has 0 unspecified atom stereocenters. The number of aryl methyl sites for hydroxylation is 1. The standard InChI is InChI=1S/C12H10.C10H12O3/c1-3-7-11(8-4-1)12-9-5-2-6-10-12;1-2-5-8-6-3-4-7-9(8)13-10(11)12/h1-10H;3-4,6-7H,2,5H2,1H3,(H,11,12). The molecule has 0 aromatic heterocycles. The van der Waals surface area contributed by atoms with Gasteiger partial charge in [-0.05, 0) is 29.2 Å². The first-order chi connectivity index (χ1) is 12.2. The lowest BCUT2D eigenvalue weighted by Gasteiger charge is -2.05. The van der Waals surface area contributed by atoms with E-state index in [1.165, 1.54) is 11.1 Å². The Hall–Kier alpha value is -3.07. The zero-order chi connectivity index (χ0) is 17.9. The third kappa shape index (κ3) is 6.15. The summed E-state index contributed by atoms with van der Waals surface area (Å²) >= 11 is 0. The second-order valence-electron chi connectivity index (χ2n) is 5.46. The molecule has 0 aliphatic heterocycles. The van der Waals surface area contributed by atoms with Crippen molar-refractivity contribution in [3.05, 3.63) is 90.5 Å². The fraction of sp³-hybridized carbons (Fsp3) is 0.136. The Balaban J connectivity index is 0.000000181. The van der Waals surface area contributed by atoms with E-state index < -0.39 is 6.16 Å². The van der Waals surface area contributed by atoms with E-state index in [9.17, 15) is 4.79 Å². The molecule has 1 N–H and O–H groups in total. The van der Waals surface area contributed by atoms with Gasteiger partial charge in [0.25, 0.3) is 0 Å². The Morgan fingerprint density at radius 1 is 0.800 bits per heavy atom. The largest absolute Gasteiger partial charge is 0.511 e. The van der Waals surface area contributed by atoms with Gasteiger partial charge in [-0.1, -0.05) is 92.2 Å². The van der Waals surface area contributed by atoms with Crippen molar-refractivity contribution < 1.29 is 14.6 Å². The monoisotopic (exact) mass is 334 g/mol. The fourth-order valence-electron chi connectivity index (χ4n) is 2.43. The van der Waals surface area contributed by atoms with E-state index in [-0.39, 0.29) is 0 Å². The summed E-state index contributed by atoms with van der Waals surface area (Å²) in [5.41, 5.74) is 3.49. The third-order valence-corrected chi connectivity index (χ3v) is 3.57. The zero-order valence-electron chi connectivity index (χ0n) is 14.3. The summed E-state index contributed by atoms with van der Waals surface area (Å²) in [6, 6.07) is 28.0. The summed E-state index contributed by atoms with van der Waals surface area (Å²) < 4.78 is 4.61. The molecule has 0 atom stereocenters. The van der Waals surface area contributed by atoms with E-state index >= 15 is 0 Å². The van der Waals surface area contributed by atoms with E-state index in [2.05, 4.69) is 53.3 Å². The molecule has 0 spiro atoms. The van der Waals surface area contributed by atoms with Crippen LogP contribution >= 0.6 is 0 Å². The van der Waals surface area contributed by atoms with Gasteiger partial charge in [-0.25, -0.2) is 4.79 Å². The predicted octanol–water partition coefficient (Wildman–Crippen LogP) is 6.05. The molecule has 3 aromatic carbocycles. The Morgan fingerprint density at radius 2 is 1.28 bits per heavy atom. The van der Waals surface area contributed by atoms with Crippen LogP contribution in [0.4, 0.5) is 4.79 Å².